The molecule has 18 heavy (non-hydrogen) atoms. The van der Waals surface area contributed by atoms with Crippen LogP contribution in [-0.2, 0) is 4.74 Å². The van der Waals surface area contributed by atoms with Crippen LogP contribution in [0.2, 0.25) is 5.02 Å². The highest BCUT2D eigenvalue weighted by Gasteiger charge is 2.16. The summed E-state index contributed by atoms with van der Waals surface area (Å²) < 4.78 is 6.40. The van der Waals surface area contributed by atoms with Crippen LogP contribution < -0.4 is 5.32 Å². The predicted molar refractivity (Wildman–Crippen MR) is 79.1 cm³/mol. The zero-order valence-corrected chi connectivity index (χ0v) is 12.9. The Balaban J connectivity index is 1.81. The molecule has 1 aromatic carbocycles. The number of nitrogens with one attached hydrogen (secondary N) is 1. The van der Waals surface area contributed by atoms with Crippen LogP contribution in [-0.4, -0.2) is 19.8 Å². The Hall–Kier alpha value is -0.0900. The topological polar surface area (TPSA) is 21.3 Å². The van der Waals surface area contributed by atoms with E-state index in [-0.39, 0.29) is 6.04 Å². The van der Waals surface area contributed by atoms with Crippen LogP contribution in [0.3, 0.4) is 0 Å². The first-order chi connectivity index (χ1) is 8.66. The Morgan fingerprint density at radius 2 is 2.39 bits per heavy atom. The highest BCUT2D eigenvalue weighted by atomic mass is 79.9. The molecule has 0 aromatic heterocycles. The van der Waals surface area contributed by atoms with Gasteiger partial charge in [-0.25, -0.2) is 0 Å². The van der Waals surface area contributed by atoms with Gasteiger partial charge in [-0.15, -0.1) is 0 Å². The number of ether oxygens (including phenoxy) is 1. The maximum Gasteiger partial charge on any atom is 0.0495 e. The third-order valence-corrected chi connectivity index (χ3v) is 4.28. The second kappa shape index (κ2) is 6.90. The van der Waals surface area contributed by atoms with Gasteiger partial charge in [0, 0.05) is 28.8 Å². The average Bonchev–Trinajstić information content (AvgIpc) is 2.81. The fourth-order valence-electron chi connectivity index (χ4n) is 2.28. The normalized spacial score (nSPS) is 21.2. The van der Waals surface area contributed by atoms with Crippen molar-refractivity contribution < 1.29 is 4.74 Å². The van der Waals surface area contributed by atoms with Gasteiger partial charge in [0.25, 0.3) is 0 Å². The van der Waals surface area contributed by atoms with Crippen LogP contribution in [0.25, 0.3) is 0 Å². The van der Waals surface area contributed by atoms with Gasteiger partial charge in [-0.05, 0) is 49.9 Å². The monoisotopic (exact) mass is 331 g/mol. The molecule has 4 heteroatoms. The van der Waals surface area contributed by atoms with E-state index >= 15 is 0 Å². The summed E-state index contributed by atoms with van der Waals surface area (Å²) in [5, 5.41) is 4.34. The molecule has 2 atom stereocenters. The van der Waals surface area contributed by atoms with Crippen LogP contribution in [0.1, 0.15) is 31.4 Å². The molecule has 1 N–H and O–H groups in total. The lowest BCUT2D eigenvalue weighted by molar-refractivity contribution is 0.184. The van der Waals surface area contributed by atoms with Crippen molar-refractivity contribution in [2.24, 2.45) is 5.92 Å². The molecule has 1 aromatic rings. The SMILES string of the molecule is CC(NCCC1CCOC1)c1ccc(Br)cc1Cl. The molecular formula is C14H19BrClNO. The first-order valence-corrected chi connectivity index (χ1v) is 7.60. The summed E-state index contributed by atoms with van der Waals surface area (Å²) in [6.45, 7) is 5.02. The van der Waals surface area contributed by atoms with E-state index in [1.54, 1.807) is 0 Å². The first-order valence-electron chi connectivity index (χ1n) is 6.43. The van der Waals surface area contributed by atoms with E-state index in [0.29, 0.717) is 0 Å². The van der Waals surface area contributed by atoms with E-state index in [4.69, 9.17) is 16.3 Å². The van der Waals surface area contributed by atoms with E-state index in [0.717, 1.165) is 40.7 Å². The van der Waals surface area contributed by atoms with Crippen LogP contribution in [0.5, 0.6) is 0 Å². The zero-order valence-electron chi connectivity index (χ0n) is 10.6. The second-order valence-electron chi connectivity index (χ2n) is 4.86. The fraction of sp³-hybridized carbons (Fsp3) is 0.571. The third kappa shape index (κ3) is 3.95. The molecule has 1 heterocycles. The highest BCUT2D eigenvalue weighted by Crippen LogP contribution is 2.26. The van der Waals surface area contributed by atoms with E-state index in [2.05, 4.69) is 34.2 Å². The minimum absolute atomic E-state index is 0.285. The molecule has 1 aliphatic rings. The number of halogens is 2. The maximum atomic E-state index is 6.24. The first kappa shape index (κ1) is 14.3. The Morgan fingerprint density at radius 1 is 1.56 bits per heavy atom. The average molecular weight is 333 g/mol. The quantitative estimate of drug-likeness (QED) is 0.873. The van der Waals surface area contributed by atoms with Crippen molar-refractivity contribution in [1.82, 2.24) is 5.32 Å². The van der Waals surface area contributed by atoms with Gasteiger partial charge in [0.05, 0.1) is 0 Å². The van der Waals surface area contributed by atoms with Crippen LogP contribution >= 0.6 is 27.5 Å². The smallest absolute Gasteiger partial charge is 0.0495 e. The van der Waals surface area contributed by atoms with E-state index in [1.807, 2.05) is 12.1 Å². The van der Waals surface area contributed by atoms with Crippen molar-refractivity contribution in [2.75, 3.05) is 19.8 Å². The molecule has 1 fully saturated rings. The Labute approximate surface area is 122 Å². The fourth-order valence-corrected chi connectivity index (χ4v) is 3.11. The molecule has 2 unspecified atom stereocenters. The van der Waals surface area contributed by atoms with Crippen molar-refractivity contribution in [3.63, 3.8) is 0 Å². The number of hydrogen-bond donors (Lipinski definition) is 1. The summed E-state index contributed by atoms with van der Waals surface area (Å²) in [5.41, 5.74) is 1.16. The van der Waals surface area contributed by atoms with Gasteiger partial charge < -0.3 is 10.1 Å². The Bertz CT molecular complexity index is 393. The summed E-state index contributed by atoms with van der Waals surface area (Å²) in [6.07, 6.45) is 2.38. The highest BCUT2D eigenvalue weighted by molar-refractivity contribution is 9.10. The molecule has 0 bridgehead atoms. The molecule has 1 saturated heterocycles. The largest absolute Gasteiger partial charge is 0.381 e. The van der Waals surface area contributed by atoms with E-state index < -0.39 is 0 Å². The molecule has 0 aliphatic carbocycles. The van der Waals surface area contributed by atoms with Crippen molar-refractivity contribution >= 4 is 27.5 Å². The minimum Gasteiger partial charge on any atom is -0.381 e. The van der Waals surface area contributed by atoms with Crippen molar-refractivity contribution in [3.05, 3.63) is 33.3 Å². The third-order valence-electron chi connectivity index (χ3n) is 3.46. The molecule has 0 saturated carbocycles. The number of rotatable bonds is 5. The molecule has 2 nitrogen and oxygen atoms in total. The molecular weight excluding hydrogens is 314 g/mol. The molecule has 100 valence electrons. The lowest BCUT2D eigenvalue weighted by atomic mass is 10.0. The standard InChI is InChI=1S/C14H19BrClNO/c1-10(13-3-2-12(15)8-14(13)16)17-6-4-11-5-7-18-9-11/h2-3,8,10-11,17H,4-7,9H2,1H3. The maximum absolute atomic E-state index is 6.24. The number of hydrogen-bond acceptors (Lipinski definition) is 2. The van der Waals surface area contributed by atoms with Crippen molar-refractivity contribution in [1.29, 1.82) is 0 Å². The van der Waals surface area contributed by atoms with E-state index in [9.17, 15) is 0 Å². The van der Waals surface area contributed by atoms with Crippen molar-refractivity contribution in [3.8, 4) is 0 Å². The van der Waals surface area contributed by atoms with Gasteiger partial charge in [0.15, 0.2) is 0 Å². The lowest BCUT2D eigenvalue weighted by Gasteiger charge is -2.17. The summed E-state index contributed by atoms with van der Waals surface area (Å²) in [5.74, 6) is 0.727. The molecule has 2 rings (SSSR count). The summed E-state index contributed by atoms with van der Waals surface area (Å²) >= 11 is 9.66. The molecule has 0 spiro atoms. The Morgan fingerprint density at radius 3 is 3.06 bits per heavy atom. The second-order valence-corrected chi connectivity index (χ2v) is 6.18. The summed E-state index contributed by atoms with van der Waals surface area (Å²) in [4.78, 5) is 0. The van der Waals surface area contributed by atoms with Gasteiger partial charge in [-0.2, -0.15) is 0 Å². The Kier molecular flexibility index (Phi) is 5.49. The van der Waals surface area contributed by atoms with Gasteiger partial charge in [-0.3, -0.25) is 0 Å². The molecule has 0 radical (unpaired) electrons. The van der Waals surface area contributed by atoms with Crippen LogP contribution in [0.4, 0.5) is 0 Å². The van der Waals surface area contributed by atoms with Gasteiger partial charge in [0.2, 0.25) is 0 Å². The van der Waals surface area contributed by atoms with Gasteiger partial charge in [0.1, 0.15) is 0 Å². The van der Waals surface area contributed by atoms with Gasteiger partial charge >= 0.3 is 0 Å². The van der Waals surface area contributed by atoms with Gasteiger partial charge in [-0.1, -0.05) is 33.6 Å². The van der Waals surface area contributed by atoms with Crippen LogP contribution in [0, 0.1) is 5.92 Å². The summed E-state index contributed by atoms with van der Waals surface area (Å²) in [6, 6.07) is 6.33. The minimum atomic E-state index is 0.285. The molecule has 1 aliphatic heterocycles. The van der Waals surface area contributed by atoms with Crippen LogP contribution in [0.15, 0.2) is 22.7 Å². The lowest BCUT2D eigenvalue weighted by Crippen LogP contribution is -2.22. The zero-order chi connectivity index (χ0) is 13.0. The number of benzene rings is 1. The predicted octanol–water partition coefficient (Wildman–Crippen LogP) is 4.18. The van der Waals surface area contributed by atoms with Crippen molar-refractivity contribution in [2.45, 2.75) is 25.8 Å². The summed E-state index contributed by atoms with van der Waals surface area (Å²) in [7, 11) is 0. The van der Waals surface area contributed by atoms with E-state index in [1.165, 1.54) is 12.8 Å². The molecule has 0 amide bonds.